The zero-order chi connectivity index (χ0) is 12.2. The Balaban J connectivity index is 2.47. The topological polar surface area (TPSA) is 49.4 Å². The van der Waals surface area contributed by atoms with Crippen LogP contribution in [-0.4, -0.2) is 38.2 Å². The lowest BCUT2D eigenvalue weighted by Gasteiger charge is -2.25. The molecule has 96 valence electrons. The molecule has 0 aromatic rings. The quantitative estimate of drug-likeness (QED) is 0.744. The molecule has 1 aliphatic heterocycles. The lowest BCUT2D eigenvalue weighted by atomic mass is 9.91. The maximum atomic E-state index is 11.9. The Kier molecular flexibility index (Phi) is 5.04. The van der Waals surface area contributed by atoms with Crippen LogP contribution >= 0.6 is 11.6 Å². The van der Waals surface area contributed by atoms with Gasteiger partial charge in [-0.3, -0.25) is 0 Å². The average Bonchev–Trinajstić information content (AvgIpc) is 2.68. The Labute approximate surface area is 104 Å². The summed E-state index contributed by atoms with van der Waals surface area (Å²) in [6, 6.07) is 0. The first-order chi connectivity index (χ1) is 7.37. The van der Waals surface area contributed by atoms with Crippen LogP contribution in [0.5, 0.6) is 0 Å². The maximum Gasteiger partial charge on any atom is 0.279 e. The van der Waals surface area contributed by atoms with Gasteiger partial charge in [0.25, 0.3) is 10.2 Å². The summed E-state index contributed by atoms with van der Waals surface area (Å²) in [7, 11) is -3.27. The van der Waals surface area contributed by atoms with Gasteiger partial charge in [0.2, 0.25) is 0 Å². The maximum absolute atomic E-state index is 11.9. The van der Waals surface area contributed by atoms with Crippen molar-refractivity contribution in [1.82, 2.24) is 9.03 Å². The van der Waals surface area contributed by atoms with Crippen LogP contribution in [0.25, 0.3) is 0 Å². The molecule has 1 aliphatic rings. The predicted octanol–water partition coefficient (Wildman–Crippen LogP) is 1.57. The molecule has 0 amide bonds. The van der Waals surface area contributed by atoms with Crippen molar-refractivity contribution in [3.8, 4) is 0 Å². The first-order valence-corrected chi connectivity index (χ1v) is 7.65. The van der Waals surface area contributed by atoms with Gasteiger partial charge in [-0.2, -0.15) is 12.7 Å². The van der Waals surface area contributed by atoms with Crippen LogP contribution in [0.1, 0.15) is 33.1 Å². The van der Waals surface area contributed by atoms with Gasteiger partial charge in [0.05, 0.1) is 0 Å². The Hall–Kier alpha value is 0.160. The SMILES string of the molecule is CC(C)(CCCl)CNS(=O)(=O)N1CCCC1. The van der Waals surface area contributed by atoms with Crippen molar-refractivity contribution < 1.29 is 8.42 Å². The van der Waals surface area contributed by atoms with Crippen LogP contribution in [0, 0.1) is 5.41 Å². The van der Waals surface area contributed by atoms with E-state index >= 15 is 0 Å². The summed E-state index contributed by atoms with van der Waals surface area (Å²) >= 11 is 5.68. The van der Waals surface area contributed by atoms with Crippen LogP contribution in [0.2, 0.25) is 0 Å². The van der Waals surface area contributed by atoms with Gasteiger partial charge in [-0.05, 0) is 24.7 Å². The zero-order valence-corrected chi connectivity index (χ0v) is 11.6. The van der Waals surface area contributed by atoms with Gasteiger partial charge in [-0.25, -0.2) is 4.72 Å². The van der Waals surface area contributed by atoms with Crippen LogP contribution in [0.3, 0.4) is 0 Å². The number of alkyl halides is 1. The van der Waals surface area contributed by atoms with E-state index in [0.717, 1.165) is 19.3 Å². The fraction of sp³-hybridized carbons (Fsp3) is 1.00. The molecule has 1 heterocycles. The summed E-state index contributed by atoms with van der Waals surface area (Å²) in [6.07, 6.45) is 2.73. The summed E-state index contributed by atoms with van der Waals surface area (Å²) in [5.41, 5.74) is -0.0887. The number of hydrogen-bond acceptors (Lipinski definition) is 2. The molecule has 0 spiro atoms. The molecule has 0 aliphatic carbocycles. The fourth-order valence-electron chi connectivity index (χ4n) is 1.65. The van der Waals surface area contributed by atoms with E-state index in [4.69, 9.17) is 11.6 Å². The van der Waals surface area contributed by atoms with Gasteiger partial charge in [0, 0.05) is 25.5 Å². The smallest absolute Gasteiger partial charge is 0.202 e. The highest BCUT2D eigenvalue weighted by Crippen LogP contribution is 2.20. The highest BCUT2D eigenvalue weighted by atomic mass is 35.5. The van der Waals surface area contributed by atoms with Crippen molar-refractivity contribution in [2.45, 2.75) is 33.1 Å². The zero-order valence-electron chi connectivity index (χ0n) is 10.00. The van der Waals surface area contributed by atoms with Gasteiger partial charge < -0.3 is 0 Å². The first kappa shape index (κ1) is 14.2. The monoisotopic (exact) mass is 268 g/mol. The highest BCUT2D eigenvalue weighted by Gasteiger charge is 2.27. The lowest BCUT2D eigenvalue weighted by Crippen LogP contribution is -2.43. The number of hydrogen-bond donors (Lipinski definition) is 1. The molecular weight excluding hydrogens is 248 g/mol. The van der Waals surface area contributed by atoms with E-state index in [0.29, 0.717) is 25.5 Å². The minimum absolute atomic E-state index is 0.0887. The van der Waals surface area contributed by atoms with E-state index in [1.165, 1.54) is 4.31 Å². The molecule has 0 atom stereocenters. The van der Waals surface area contributed by atoms with Crippen LogP contribution in [-0.2, 0) is 10.2 Å². The normalized spacial score (nSPS) is 19.2. The third-order valence-corrected chi connectivity index (χ3v) is 4.65. The van der Waals surface area contributed by atoms with Gasteiger partial charge in [-0.15, -0.1) is 11.6 Å². The molecular formula is C10H21ClN2O2S. The van der Waals surface area contributed by atoms with E-state index in [2.05, 4.69) is 4.72 Å². The number of rotatable bonds is 6. The number of halogens is 1. The van der Waals surface area contributed by atoms with Crippen LogP contribution in [0.4, 0.5) is 0 Å². The van der Waals surface area contributed by atoms with Crippen molar-refractivity contribution in [2.24, 2.45) is 5.41 Å². The van der Waals surface area contributed by atoms with E-state index < -0.39 is 10.2 Å². The average molecular weight is 269 g/mol. The van der Waals surface area contributed by atoms with E-state index in [9.17, 15) is 8.42 Å². The molecule has 1 saturated heterocycles. The van der Waals surface area contributed by atoms with E-state index in [1.807, 2.05) is 13.8 Å². The Morgan fingerprint density at radius 3 is 2.38 bits per heavy atom. The Morgan fingerprint density at radius 1 is 1.31 bits per heavy atom. The van der Waals surface area contributed by atoms with Crippen molar-refractivity contribution in [2.75, 3.05) is 25.5 Å². The Bertz CT molecular complexity index is 311. The fourth-order valence-corrected chi connectivity index (χ4v) is 3.66. The molecule has 0 radical (unpaired) electrons. The second-order valence-electron chi connectivity index (χ2n) is 5.04. The minimum Gasteiger partial charge on any atom is -0.202 e. The minimum atomic E-state index is -3.27. The number of nitrogens with zero attached hydrogens (tertiary/aromatic N) is 1. The molecule has 16 heavy (non-hydrogen) atoms. The highest BCUT2D eigenvalue weighted by molar-refractivity contribution is 7.87. The molecule has 1 N–H and O–H groups in total. The lowest BCUT2D eigenvalue weighted by molar-refractivity contribution is 0.345. The number of nitrogens with one attached hydrogen (secondary N) is 1. The summed E-state index contributed by atoms with van der Waals surface area (Å²) in [5.74, 6) is 0.554. The third kappa shape index (κ3) is 4.20. The molecule has 0 aromatic heterocycles. The molecule has 0 bridgehead atoms. The van der Waals surface area contributed by atoms with Crippen molar-refractivity contribution in [3.63, 3.8) is 0 Å². The largest absolute Gasteiger partial charge is 0.279 e. The van der Waals surface area contributed by atoms with E-state index in [-0.39, 0.29) is 5.41 Å². The van der Waals surface area contributed by atoms with E-state index in [1.54, 1.807) is 0 Å². The first-order valence-electron chi connectivity index (χ1n) is 5.68. The van der Waals surface area contributed by atoms with Gasteiger partial charge in [-0.1, -0.05) is 13.8 Å². The van der Waals surface area contributed by atoms with Gasteiger partial charge in [0.15, 0.2) is 0 Å². The molecule has 0 saturated carbocycles. The second-order valence-corrected chi connectivity index (χ2v) is 7.17. The molecule has 4 nitrogen and oxygen atoms in total. The van der Waals surface area contributed by atoms with Gasteiger partial charge >= 0.3 is 0 Å². The molecule has 0 aromatic carbocycles. The summed E-state index contributed by atoms with van der Waals surface area (Å²) < 4.78 is 27.9. The van der Waals surface area contributed by atoms with Crippen molar-refractivity contribution in [3.05, 3.63) is 0 Å². The van der Waals surface area contributed by atoms with Crippen molar-refractivity contribution >= 4 is 21.8 Å². The van der Waals surface area contributed by atoms with Crippen molar-refractivity contribution in [1.29, 1.82) is 0 Å². The molecule has 1 rings (SSSR count). The molecule has 6 heteroatoms. The second kappa shape index (κ2) is 5.67. The standard InChI is InChI=1S/C10H21ClN2O2S/c1-10(2,5-6-11)9-12-16(14,15)13-7-3-4-8-13/h12H,3-9H2,1-2H3. The molecule has 1 fully saturated rings. The summed E-state index contributed by atoms with van der Waals surface area (Å²) in [5, 5.41) is 0. The Morgan fingerprint density at radius 2 is 1.88 bits per heavy atom. The van der Waals surface area contributed by atoms with Crippen LogP contribution in [0.15, 0.2) is 0 Å². The summed E-state index contributed by atoms with van der Waals surface area (Å²) in [6.45, 7) is 5.76. The molecule has 0 unspecified atom stereocenters. The summed E-state index contributed by atoms with van der Waals surface area (Å²) in [4.78, 5) is 0. The third-order valence-electron chi connectivity index (χ3n) is 2.91. The van der Waals surface area contributed by atoms with Gasteiger partial charge in [0.1, 0.15) is 0 Å². The predicted molar refractivity (Wildman–Crippen MR) is 66.8 cm³/mol. The van der Waals surface area contributed by atoms with Crippen LogP contribution < -0.4 is 4.72 Å².